The van der Waals surface area contributed by atoms with Crippen LogP contribution in [0, 0.1) is 50.7 Å². The highest BCUT2D eigenvalue weighted by Crippen LogP contribution is 2.73. The highest BCUT2D eigenvalue weighted by Gasteiger charge is 2.69. The van der Waals surface area contributed by atoms with Crippen molar-refractivity contribution in [1.29, 1.82) is 0 Å². The molecule has 5 aliphatic carbocycles. The van der Waals surface area contributed by atoms with E-state index in [0.717, 1.165) is 5.57 Å². The van der Waals surface area contributed by atoms with Crippen molar-refractivity contribution in [3.63, 3.8) is 0 Å². The maximum atomic E-state index is 15.2. The van der Waals surface area contributed by atoms with Gasteiger partial charge in [-0.05, 0) is 118 Å². The molecule has 8 aliphatic heterocycles. The van der Waals surface area contributed by atoms with Crippen molar-refractivity contribution in [3.05, 3.63) is 11.6 Å². The summed E-state index contributed by atoms with van der Waals surface area (Å²) in [4.78, 5) is 15.2. The number of aliphatic hydroxyl groups excluding tert-OH is 23. The van der Waals surface area contributed by atoms with E-state index in [1.165, 1.54) is 13.8 Å². The van der Waals surface area contributed by atoms with Crippen molar-refractivity contribution in [3.8, 4) is 0 Å². The average Bonchev–Trinajstić information content (AvgIpc) is 0.686. The van der Waals surface area contributed by atoms with Crippen LogP contribution in [0.25, 0.3) is 0 Å². The molecular formula is C75H122O40. The largest absolute Gasteiger partial charge is 0.432 e. The van der Waals surface area contributed by atoms with Crippen molar-refractivity contribution in [2.24, 2.45) is 50.7 Å². The number of rotatable bonds is 21. The zero-order valence-corrected chi connectivity index (χ0v) is 65.2. The summed E-state index contributed by atoms with van der Waals surface area (Å²) in [5.74, 6) is -1.13. The van der Waals surface area contributed by atoms with E-state index in [0.29, 0.717) is 64.2 Å². The van der Waals surface area contributed by atoms with Crippen LogP contribution in [-0.4, -0.2) is 409 Å². The summed E-state index contributed by atoms with van der Waals surface area (Å²) in [7, 11) is 0. The third-order valence-electron chi connectivity index (χ3n) is 28.3. The van der Waals surface area contributed by atoms with Gasteiger partial charge in [0.05, 0.1) is 70.0 Å². The van der Waals surface area contributed by atoms with Crippen LogP contribution in [-0.2, 0) is 80.6 Å². The van der Waals surface area contributed by atoms with Crippen molar-refractivity contribution < 1.29 is 198 Å². The van der Waals surface area contributed by atoms with Gasteiger partial charge in [0.1, 0.15) is 171 Å². The van der Waals surface area contributed by atoms with Gasteiger partial charge in [0, 0.05) is 5.41 Å². The molecule has 4 saturated carbocycles. The van der Waals surface area contributed by atoms with Crippen LogP contribution in [0.15, 0.2) is 11.6 Å². The first kappa shape index (κ1) is 90.4. The maximum Gasteiger partial charge on any atom is 0.315 e. The smallest absolute Gasteiger partial charge is 0.315 e. The first-order chi connectivity index (χ1) is 54.2. The summed E-state index contributed by atoms with van der Waals surface area (Å²) < 4.78 is 95.8. The molecule has 0 aromatic heterocycles. The lowest BCUT2D eigenvalue weighted by atomic mass is 9.37. The molecule has 0 radical (unpaired) electrons. The monoisotopic (exact) mass is 1660 g/mol. The predicted octanol–water partition coefficient (Wildman–Crippen LogP) is -8.82. The van der Waals surface area contributed by atoms with E-state index in [-0.39, 0.29) is 41.1 Å². The minimum Gasteiger partial charge on any atom is -0.432 e. The normalized spacial score (nSPS) is 54.8. The third-order valence-corrected chi connectivity index (χ3v) is 28.3. The molecule has 47 atom stereocenters. The van der Waals surface area contributed by atoms with Gasteiger partial charge < -0.3 is 193 Å². The Labute approximate surface area is 662 Å². The summed E-state index contributed by atoms with van der Waals surface area (Å²) in [6.07, 6.45) is -61.2. The van der Waals surface area contributed by atoms with Gasteiger partial charge in [-0.15, -0.1) is 0 Å². The molecule has 40 nitrogen and oxygen atoms in total. The predicted molar refractivity (Wildman–Crippen MR) is 375 cm³/mol. The van der Waals surface area contributed by atoms with Crippen LogP contribution in [0.5, 0.6) is 0 Å². The fourth-order valence-electron chi connectivity index (χ4n) is 21.3. The molecule has 0 unspecified atom stereocenters. The number of allylic oxidation sites excluding steroid dienone is 2. The lowest BCUT2D eigenvalue weighted by molar-refractivity contribution is -0.406. The Balaban J connectivity index is 0.690. The molecule has 12 fully saturated rings. The molecule has 13 aliphatic rings. The summed E-state index contributed by atoms with van der Waals surface area (Å²) in [5.41, 5.74) is -1.97. The molecule has 115 heavy (non-hydrogen) atoms. The van der Waals surface area contributed by atoms with Gasteiger partial charge in [-0.3, -0.25) is 4.79 Å². The van der Waals surface area contributed by atoms with Gasteiger partial charge in [-0.25, -0.2) is 0 Å². The number of hydrogen-bond acceptors (Lipinski definition) is 40. The molecule has 40 heteroatoms. The molecule has 0 aromatic carbocycles. The standard InChI is InChI=1S/C75H122O40/c1-26-40(82)46(88)52(94)64(103-26)113-60-56(98)68(107-35(21-78)58(60)111-65-54(96)49(91)57(34(20-77)106-65)110-63-50(92)42(84)31(80)22-100-63)112-59-41(83)27(2)104-67(55(59)97)114-61-43(85)32(81)23-101-69(61)109-39-12-14-73(6)37-9-8-28-29(72(37,5)13-11-38(73)74(39,7)25-79)10-15-75(17-16-71(3,4)18-30(28)75)70(99)115-66-53(95)48(90)45(87)36(108-66)24-102-62-51(93)47(89)44(86)33(19-76)105-62/h8,26-27,29-69,76-98H,9-25H2,1-7H3/t26-,27+,29+,30+,31+,32-,33-,34-,35-,36-,37-,38+,39+,40+,41+,42+,43+,44-,45+,46+,47+,48+,49+,50-,51-,52+,53+,54-,55+,56+,57-,58-,59+,60+,61-,62-,63-,64+,65-,66-,67+,68-,69+,72-,73-,74-,75+/m1/s1. The lowest BCUT2D eigenvalue weighted by Gasteiger charge is -2.68. The van der Waals surface area contributed by atoms with Gasteiger partial charge in [-0.1, -0.05) is 46.3 Å². The Morgan fingerprint density at radius 1 is 0.400 bits per heavy atom. The third kappa shape index (κ3) is 16.6. The molecular weight excluding hydrogens is 1540 g/mol. The highest BCUT2D eigenvalue weighted by molar-refractivity contribution is 5.79. The molecule has 8 saturated heterocycles. The quantitative estimate of drug-likeness (QED) is 0.0288. The van der Waals surface area contributed by atoms with E-state index >= 15 is 4.79 Å². The van der Waals surface area contributed by atoms with Crippen LogP contribution in [0.1, 0.15) is 113 Å². The molecule has 0 spiro atoms. The summed E-state index contributed by atoms with van der Waals surface area (Å²) in [6, 6.07) is 0. The molecule has 0 amide bonds. The number of hydrogen-bond donors (Lipinski definition) is 23. The Morgan fingerprint density at radius 3 is 1.56 bits per heavy atom. The molecule has 0 bridgehead atoms. The zero-order chi connectivity index (χ0) is 83.5. The molecule has 13 rings (SSSR count). The summed E-state index contributed by atoms with van der Waals surface area (Å²) in [6.45, 7) is 8.74. The first-order valence-electron chi connectivity index (χ1n) is 40.2. The van der Waals surface area contributed by atoms with E-state index in [1.807, 2.05) is 6.92 Å². The minimum absolute atomic E-state index is 0.00215. The average molecular weight is 1660 g/mol. The number of aliphatic hydroxyl groups is 23. The molecule has 662 valence electrons. The number of carbonyl (C=O) groups excluding carboxylic acids is 1. The summed E-state index contributed by atoms with van der Waals surface area (Å²) in [5, 5.41) is 254. The second-order valence-corrected chi connectivity index (χ2v) is 35.8. The van der Waals surface area contributed by atoms with Crippen molar-refractivity contribution in [2.75, 3.05) is 46.2 Å². The fourth-order valence-corrected chi connectivity index (χ4v) is 21.3. The van der Waals surface area contributed by atoms with Gasteiger partial charge in [-0.2, -0.15) is 0 Å². The van der Waals surface area contributed by atoms with Crippen LogP contribution in [0.2, 0.25) is 0 Å². The molecule has 23 N–H and O–H groups in total. The maximum absolute atomic E-state index is 15.2. The van der Waals surface area contributed by atoms with Crippen LogP contribution < -0.4 is 0 Å². The molecule has 8 heterocycles. The van der Waals surface area contributed by atoms with E-state index in [2.05, 4.69) is 33.8 Å². The van der Waals surface area contributed by atoms with Gasteiger partial charge in [0.15, 0.2) is 44.0 Å². The number of carbonyl (C=O) groups is 1. The lowest BCUT2D eigenvalue weighted by Crippen LogP contribution is -2.69. The van der Waals surface area contributed by atoms with Gasteiger partial charge >= 0.3 is 5.97 Å². The number of fused-ring (bicyclic) bond motifs is 7. The van der Waals surface area contributed by atoms with E-state index in [9.17, 15) is 117 Å². The SMILES string of the molecule is C[C@@H]1O[C@@H](O[C@H]2[C@H](O[C@H]3CC[C@]4(C)[C@@H]5CC=C6[C@@H]7CC(C)(C)CC[C@@]7(C(=O)O[C@H]7O[C@H](CO[C@@H]8O[C@H](CO)[C@@H](O)[C@H](O)[C@H]8O)[C@H](O)[C@H](O)[C@@H]7O)CC[C@@H]6[C@@]5(C)CC[C@@H]4[C@@]3(C)CO)OC[C@@H](O)[C@@H]2O)[C@@H](O)[C@@H](O[C@H]2O[C@H](CO)[C@@H](O[C@H]3O[C@H](CO)[C@@H](O[C@H]4OC[C@H](O)[C@H](O)[C@H]4O)[C@@H](O)[C@H]3O)[C@@H](O[C@@H]3O[C@H](C)[C@H](O)[C@H](O)[C@@H]3O)[C@@H]2O)[C@H]1O. The Hall–Kier alpha value is -2.31. The zero-order valence-electron chi connectivity index (χ0n) is 65.2. The second-order valence-electron chi connectivity index (χ2n) is 35.8. The van der Waals surface area contributed by atoms with Crippen molar-refractivity contribution >= 4 is 5.97 Å². The van der Waals surface area contributed by atoms with E-state index < -0.39 is 301 Å². The highest BCUT2D eigenvalue weighted by atomic mass is 16.8. The topological polar surface area (TPSA) is 630 Å². The number of ether oxygens (including phenoxy) is 16. The van der Waals surface area contributed by atoms with Crippen LogP contribution in [0.3, 0.4) is 0 Å². The van der Waals surface area contributed by atoms with Crippen LogP contribution in [0.4, 0.5) is 0 Å². The Bertz CT molecular complexity index is 3260. The fraction of sp³-hybridized carbons (Fsp3) is 0.960. The number of esters is 1. The Kier molecular flexibility index (Phi) is 27.8. The second kappa shape index (κ2) is 35.4. The van der Waals surface area contributed by atoms with Crippen LogP contribution >= 0.6 is 0 Å². The first-order valence-corrected chi connectivity index (χ1v) is 40.2. The van der Waals surface area contributed by atoms with E-state index in [4.69, 9.17) is 75.8 Å². The van der Waals surface area contributed by atoms with Crippen molar-refractivity contribution in [1.82, 2.24) is 0 Å². The summed E-state index contributed by atoms with van der Waals surface area (Å²) >= 11 is 0. The van der Waals surface area contributed by atoms with E-state index in [1.54, 1.807) is 0 Å². The molecule has 0 aromatic rings. The van der Waals surface area contributed by atoms with Crippen molar-refractivity contribution in [2.45, 2.75) is 352 Å². The van der Waals surface area contributed by atoms with Gasteiger partial charge in [0.25, 0.3) is 0 Å². The Morgan fingerprint density at radius 2 is 0.896 bits per heavy atom. The minimum atomic E-state index is -2.25. The van der Waals surface area contributed by atoms with Gasteiger partial charge in [0.2, 0.25) is 6.29 Å².